The van der Waals surface area contributed by atoms with Crippen molar-refractivity contribution in [3.8, 4) is 5.75 Å². The molecule has 0 bridgehead atoms. The van der Waals surface area contributed by atoms with E-state index < -0.39 is 12.1 Å². The van der Waals surface area contributed by atoms with E-state index in [4.69, 9.17) is 9.47 Å². The van der Waals surface area contributed by atoms with E-state index in [1.54, 1.807) is 26.4 Å². The number of piperidine rings is 2. The number of rotatable bonds is 11. The predicted molar refractivity (Wildman–Crippen MR) is 135 cm³/mol. The maximum atomic E-state index is 13.3. The lowest BCUT2D eigenvalue weighted by atomic mass is 9.83. The van der Waals surface area contributed by atoms with Gasteiger partial charge in [-0.3, -0.25) is 14.5 Å². The number of carbonyl (C=O) groups excluding carboxylic acids is 3. The molecule has 0 aliphatic carbocycles. The summed E-state index contributed by atoms with van der Waals surface area (Å²) in [5.74, 6) is 0.940. The van der Waals surface area contributed by atoms with Crippen LogP contribution < -0.4 is 10.1 Å². The van der Waals surface area contributed by atoms with E-state index in [1.165, 1.54) is 43.7 Å². The molecule has 4 rings (SSSR count). The van der Waals surface area contributed by atoms with E-state index in [0.717, 1.165) is 24.3 Å². The van der Waals surface area contributed by atoms with Gasteiger partial charge in [0.25, 0.3) is 5.91 Å². The molecular formula is C27H40N4O5. The lowest BCUT2D eigenvalue weighted by Crippen LogP contribution is -2.52. The van der Waals surface area contributed by atoms with Crippen molar-refractivity contribution in [1.82, 2.24) is 20.0 Å². The highest BCUT2D eigenvalue weighted by Gasteiger charge is 2.39. The Morgan fingerprint density at radius 3 is 2.61 bits per heavy atom. The molecule has 0 saturated carbocycles. The molecule has 0 unspecified atom stereocenters. The van der Waals surface area contributed by atoms with Gasteiger partial charge in [-0.15, -0.1) is 0 Å². The number of benzene rings is 1. The van der Waals surface area contributed by atoms with Crippen LogP contribution in [0.25, 0.3) is 0 Å². The van der Waals surface area contributed by atoms with Crippen molar-refractivity contribution >= 4 is 17.8 Å². The molecule has 9 nitrogen and oxygen atoms in total. The summed E-state index contributed by atoms with van der Waals surface area (Å²) in [5.41, 5.74) is 0.839. The highest BCUT2D eigenvalue weighted by atomic mass is 16.5. The van der Waals surface area contributed by atoms with Crippen LogP contribution in [0.3, 0.4) is 0 Å². The lowest BCUT2D eigenvalue weighted by Gasteiger charge is -2.45. The molecule has 0 spiro atoms. The van der Waals surface area contributed by atoms with Gasteiger partial charge in [0, 0.05) is 32.7 Å². The molecule has 36 heavy (non-hydrogen) atoms. The molecule has 3 aliphatic rings. The van der Waals surface area contributed by atoms with Crippen LogP contribution >= 0.6 is 0 Å². The Bertz CT molecular complexity index is 906. The first-order valence-corrected chi connectivity index (χ1v) is 13.3. The SMILES string of the molecule is COCCN(C[C@@H]1CCCN2CCCC[C@@H]12)C(=O)CC[C@H]1NC(=O)N(Cc2ccc(OC)cc2)C1=O. The monoisotopic (exact) mass is 500 g/mol. The minimum absolute atomic E-state index is 0.0237. The summed E-state index contributed by atoms with van der Waals surface area (Å²) in [7, 11) is 3.24. The molecule has 3 heterocycles. The van der Waals surface area contributed by atoms with E-state index in [9.17, 15) is 14.4 Å². The summed E-state index contributed by atoms with van der Waals surface area (Å²) in [5, 5.41) is 2.76. The summed E-state index contributed by atoms with van der Waals surface area (Å²) in [6.07, 6.45) is 6.59. The average molecular weight is 501 g/mol. The van der Waals surface area contributed by atoms with Gasteiger partial charge in [-0.25, -0.2) is 4.79 Å². The van der Waals surface area contributed by atoms with Gasteiger partial charge in [-0.1, -0.05) is 18.6 Å². The number of ether oxygens (including phenoxy) is 2. The number of methoxy groups -OCH3 is 2. The number of imide groups is 1. The fourth-order valence-electron chi connectivity index (χ4n) is 5.85. The number of nitrogens with zero attached hydrogens (tertiary/aromatic N) is 3. The van der Waals surface area contributed by atoms with Gasteiger partial charge in [-0.05, 0) is 68.8 Å². The van der Waals surface area contributed by atoms with Crippen molar-refractivity contribution in [3.63, 3.8) is 0 Å². The first-order chi connectivity index (χ1) is 17.5. The van der Waals surface area contributed by atoms with Crippen molar-refractivity contribution in [3.05, 3.63) is 29.8 Å². The normalized spacial score (nSPS) is 24.4. The Kier molecular flexibility index (Phi) is 9.20. The quantitative estimate of drug-likeness (QED) is 0.470. The molecule has 3 atom stereocenters. The molecule has 1 aromatic carbocycles. The third-order valence-electron chi connectivity index (χ3n) is 7.86. The van der Waals surface area contributed by atoms with E-state index in [-0.39, 0.29) is 24.8 Å². The van der Waals surface area contributed by atoms with Gasteiger partial charge in [0.2, 0.25) is 5.91 Å². The smallest absolute Gasteiger partial charge is 0.325 e. The zero-order valence-electron chi connectivity index (χ0n) is 21.6. The molecule has 3 saturated heterocycles. The highest BCUT2D eigenvalue weighted by molar-refractivity contribution is 6.04. The Balaban J connectivity index is 1.32. The second kappa shape index (κ2) is 12.5. The fourth-order valence-corrected chi connectivity index (χ4v) is 5.85. The van der Waals surface area contributed by atoms with Gasteiger partial charge in [0.15, 0.2) is 0 Å². The molecule has 9 heteroatoms. The summed E-state index contributed by atoms with van der Waals surface area (Å²) >= 11 is 0. The van der Waals surface area contributed by atoms with Crippen molar-refractivity contribution in [2.75, 3.05) is 47.0 Å². The van der Waals surface area contributed by atoms with Crippen molar-refractivity contribution in [2.24, 2.45) is 5.92 Å². The molecule has 1 N–H and O–H groups in total. The molecule has 0 radical (unpaired) electrons. The van der Waals surface area contributed by atoms with Gasteiger partial charge < -0.3 is 24.6 Å². The van der Waals surface area contributed by atoms with Crippen LogP contribution in [0.15, 0.2) is 24.3 Å². The third kappa shape index (κ3) is 6.37. The van der Waals surface area contributed by atoms with Crippen LogP contribution in [0, 0.1) is 5.92 Å². The van der Waals surface area contributed by atoms with Crippen LogP contribution in [0.2, 0.25) is 0 Å². The van der Waals surface area contributed by atoms with Crippen LogP contribution in [0.4, 0.5) is 4.79 Å². The summed E-state index contributed by atoms with van der Waals surface area (Å²) in [6.45, 7) is 4.30. The molecular weight excluding hydrogens is 460 g/mol. The molecule has 1 aromatic rings. The van der Waals surface area contributed by atoms with Crippen molar-refractivity contribution in [2.45, 2.75) is 63.6 Å². The van der Waals surface area contributed by atoms with E-state index in [2.05, 4.69) is 10.2 Å². The maximum Gasteiger partial charge on any atom is 0.325 e. The summed E-state index contributed by atoms with van der Waals surface area (Å²) in [4.78, 5) is 44.5. The van der Waals surface area contributed by atoms with E-state index >= 15 is 0 Å². The lowest BCUT2D eigenvalue weighted by molar-refractivity contribution is -0.134. The van der Waals surface area contributed by atoms with Crippen LogP contribution in [0.5, 0.6) is 5.75 Å². The molecule has 3 aliphatic heterocycles. The fraction of sp³-hybridized carbons (Fsp3) is 0.667. The third-order valence-corrected chi connectivity index (χ3v) is 7.86. The number of hydrogen-bond donors (Lipinski definition) is 1. The second-order valence-electron chi connectivity index (χ2n) is 10.1. The van der Waals surface area contributed by atoms with Gasteiger partial charge >= 0.3 is 6.03 Å². The Morgan fingerprint density at radius 1 is 1.08 bits per heavy atom. The Morgan fingerprint density at radius 2 is 1.86 bits per heavy atom. The number of fused-ring (bicyclic) bond motifs is 1. The number of urea groups is 1. The number of hydrogen-bond acceptors (Lipinski definition) is 6. The number of nitrogens with one attached hydrogen (secondary N) is 1. The van der Waals surface area contributed by atoms with Gasteiger partial charge in [0.05, 0.1) is 20.3 Å². The van der Waals surface area contributed by atoms with E-state index in [1.807, 2.05) is 17.0 Å². The van der Waals surface area contributed by atoms with Crippen LogP contribution in [-0.2, 0) is 20.9 Å². The first kappa shape index (κ1) is 26.4. The number of carbonyl (C=O) groups is 3. The number of amides is 4. The van der Waals surface area contributed by atoms with Crippen molar-refractivity contribution in [1.29, 1.82) is 0 Å². The summed E-state index contributed by atoms with van der Waals surface area (Å²) in [6, 6.07) is 6.75. The first-order valence-electron chi connectivity index (χ1n) is 13.3. The molecule has 4 amide bonds. The topological polar surface area (TPSA) is 91.4 Å². The Labute approximate surface area is 214 Å². The molecule has 198 valence electrons. The minimum atomic E-state index is -0.674. The summed E-state index contributed by atoms with van der Waals surface area (Å²) < 4.78 is 10.4. The molecule has 3 fully saturated rings. The zero-order valence-corrected chi connectivity index (χ0v) is 21.6. The Hall–Kier alpha value is -2.65. The zero-order chi connectivity index (χ0) is 25.5. The largest absolute Gasteiger partial charge is 0.497 e. The van der Waals surface area contributed by atoms with Crippen molar-refractivity contribution < 1.29 is 23.9 Å². The van der Waals surface area contributed by atoms with Crippen LogP contribution in [0.1, 0.15) is 50.5 Å². The maximum absolute atomic E-state index is 13.3. The minimum Gasteiger partial charge on any atom is -0.497 e. The highest BCUT2D eigenvalue weighted by Crippen LogP contribution is 2.31. The predicted octanol–water partition coefficient (Wildman–Crippen LogP) is 2.64. The molecule has 0 aromatic heterocycles. The second-order valence-corrected chi connectivity index (χ2v) is 10.1. The van der Waals surface area contributed by atoms with Gasteiger partial charge in [0.1, 0.15) is 11.8 Å². The van der Waals surface area contributed by atoms with Gasteiger partial charge in [-0.2, -0.15) is 0 Å². The van der Waals surface area contributed by atoms with E-state index in [0.29, 0.717) is 31.5 Å². The van der Waals surface area contributed by atoms with Crippen LogP contribution in [-0.4, -0.2) is 91.6 Å². The average Bonchev–Trinajstić information content (AvgIpc) is 3.17. The standard InChI is InChI=1S/C27H40N4O5/c1-35-17-16-30(19-21-6-5-15-29-14-4-3-7-24(21)29)25(32)13-12-23-26(33)31(27(34)28-23)18-20-8-10-22(36-2)11-9-20/h8-11,21,23-24H,3-7,12-19H2,1-2H3,(H,28,34)/t21-,23+,24-/m0/s1.